The largest absolute Gasteiger partial charge is 0.388 e. The Kier molecular flexibility index (Phi) is 4.13. The molecule has 0 aliphatic heterocycles. The molecule has 1 aromatic heterocycles. The number of carbonyl (C=O) groups is 2. The van der Waals surface area contributed by atoms with Gasteiger partial charge in [0.15, 0.2) is 17.8 Å². The molecule has 0 fully saturated rings. The van der Waals surface area contributed by atoms with Crippen LogP contribution in [0.2, 0.25) is 0 Å². The molecule has 0 saturated heterocycles. The summed E-state index contributed by atoms with van der Waals surface area (Å²) in [5, 5.41) is 6.38. The van der Waals surface area contributed by atoms with Gasteiger partial charge in [-0.1, -0.05) is 11.2 Å². The zero-order valence-electron chi connectivity index (χ0n) is 9.28. The summed E-state index contributed by atoms with van der Waals surface area (Å²) >= 11 is 0.963. The van der Waals surface area contributed by atoms with E-state index in [0.717, 1.165) is 24.4 Å². The maximum absolute atomic E-state index is 10.9. The second kappa shape index (κ2) is 6.01. The number of aldehydes is 1. The van der Waals surface area contributed by atoms with Gasteiger partial charge in [-0.25, -0.2) is 0 Å². The lowest BCUT2D eigenvalue weighted by molar-refractivity contribution is -0.105. The summed E-state index contributed by atoms with van der Waals surface area (Å²) < 4.78 is 3.90. The highest BCUT2D eigenvalue weighted by molar-refractivity contribution is 7.10. The summed E-state index contributed by atoms with van der Waals surface area (Å²) in [5.41, 5.74) is 0.00509. The van der Waals surface area contributed by atoms with Crippen LogP contribution in [0, 0.1) is 0 Å². The van der Waals surface area contributed by atoms with E-state index in [4.69, 9.17) is 4.84 Å². The normalized spacial score (nSPS) is 18.7. The third kappa shape index (κ3) is 2.98. The lowest BCUT2D eigenvalue weighted by Gasteiger charge is -2.04. The van der Waals surface area contributed by atoms with Crippen molar-refractivity contribution in [3.8, 4) is 0 Å². The summed E-state index contributed by atoms with van der Waals surface area (Å²) in [4.78, 5) is 30.2. The van der Waals surface area contributed by atoms with Crippen LogP contribution < -0.4 is 5.32 Å². The van der Waals surface area contributed by atoms with E-state index in [1.807, 2.05) is 12.2 Å². The first kappa shape index (κ1) is 12.4. The number of rotatable bonds is 6. The first-order valence-electron chi connectivity index (χ1n) is 5.23. The van der Waals surface area contributed by atoms with Crippen LogP contribution in [-0.2, 0) is 14.4 Å². The van der Waals surface area contributed by atoms with Crippen LogP contribution in [-0.4, -0.2) is 33.9 Å². The molecule has 0 radical (unpaired) electrons. The van der Waals surface area contributed by atoms with Crippen molar-refractivity contribution in [2.75, 3.05) is 5.32 Å². The van der Waals surface area contributed by atoms with Crippen LogP contribution in [0.15, 0.2) is 17.3 Å². The molecule has 7 nitrogen and oxygen atoms in total. The Balaban J connectivity index is 2.05. The number of hydrogen-bond donors (Lipinski definition) is 1. The number of nitrogens with zero attached hydrogens (tertiary/aromatic N) is 3. The number of carbonyl (C=O) groups excluding carboxylic acids is 2. The number of oxime groups is 1. The lowest BCUT2D eigenvalue weighted by atomic mass is 10.3. The standard InChI is InChI=1S/C10H10N4O3S/c15-5-8(13-17-7-3-1-2-4-7)9-12-10(11-6-16)18-14-9/h1,3,5-7H,2,4H2,(H,11,12,14,16). The molecule has 0 bridgehead atoms. The van der Waals surface area contributed by atoms with Gasteiger partial charge in [-0.15, -0.1) is 0 Å². The molecule has 8 heteroatoms. The molecule has 1 atom stereocenters. The summed E-state index contributed by atoms with van der Waals surface area (Å²) in [5.74, 6) is 0.140. The van der Waals surface area contributed by atoms with E-state index in [2.05, 4.69) is 19.8 Å². The zero-order chi connectivity index (χ0) is 12.8. The Bertz CT molecular complexity index is 497. The molecule has 0 aromatic carbocycles. The molecule has 18 heavy (non-hydrogen) atoms. The number of aromatic nitrogens is 2. The number of hydrogen-bond acceptors (Lipinski definition) is 7. The fourth-order valence-corrected chi connectivity index (χ4v) is 1.90. The van der Waals surface area contributed by atoms with Crippen LogP contribution in [0.1, 0.15) is 18.7 Å². The smallest absolute Gasteiger partial charge is 0.213 e. The summed E-state index contributed by atoms with van der Waals surface area (Å²) in [7, 11) is 0. The molecule has 1 unspecified atom stereocenters. The van der Waals surface area contributed by atoms with Crippen molar-refractivity contribution >= 4 is 35.1 Å². The summed E-state index contributed by atoms with van der Waals surface area (Å²) in [6.07, 6.45) is 6.57. The molecule has 0 spiro atoms. The van der Waals surface area contributed by atoms with E-state index in [1.165, 1.54) is 0 Å². The van der Waals surface area contributed by atoms with Crippen molar-refractivity contribution < 1.29 is 14.4 Å². The van der Waals surface area contributed by atoms with Gasteiger partial charge in [0.2, 0.25) is 11.5 Å². The van der Waals surface area contributed by atoms with Gasteiger partial charge in [0, 0.05) is 11.5 Å². The Hall–Kier alpha value is -2.09. The van der Waals surface area contributed by atoms with Crippen molar-refractivity contribution in [3.05, 3.63) is 18.0 Å². The third-order valence-corrected chi connectivity index (χ3v) is 2.85. The molecule has 1 aliphatic carbocycles. The third-order valence-electron chi connectivity index (χ3n) is 2.20. The first-order chi connectivity index (χ1) is 8.83. The number of allylic oxidation sites excluding steroid dienone is 1. The Morgan fingerprint density at radius 2 is 2.50 bits per heavy atom. The number of amides is 1. The molecule has 1 N–H and O–H groups in total. The highest BCUT2D eigenvalue weighted by Gasteiger charge is 2.14. The van der Waals surface area contributed by atoms with E-state index >= 15 is 0 Å². The van der Waals surface area contributed by atoms with Crippen molar-refractivity contribution in [1.82, 2.24) is 9.36 Å². The van der Waals surface area contributed by atoms with Gasteiger partial charge in [0.1, 0.15) is 6.10 Å². The van der Waals surface area contributed by atoms with Gasteiger partial charge >= 0.3 is 0 Å². The highest BCUT2D eigenvalue weighted by atomic mass is 32.1. The van der Waals surface area contributed by atoms with E-state index in [-0.39, 0.29) is 17.6 Å². The van der Waals surface area contributed by atoms with E-state index in [9.17, 15) is 9.59 Å². The van der Waals surface area contributed by atoms with Crippen molar-refractivity contribution in [2.24, 2.45) is 5.16 Å². The quantitative estimate of drug-likeness (QED) is 0.355. The molecular weight excluding hydrogens is 256 g/mol. The maximum atomic E-state index is 10.9. The van der Waals surface area contributed by atoms with Crippen molar-refractivity contribution in [3.63, 3.8) is 0 Å². The fourth-order valence-electron chi connectivity index (χ4n) is 1.37. The second-order valence-electron chi connectivity index (χ2n) is 3.43. The van der Waals surface area contributed by atoms with Gasteiger partial charge in [-0.2, -0.15) is 9.36 Å². The van der Waals surface area contributed by atoms with Crippen LogP contribution in [0.5, 0.6) is 0 Å². The fraction of sp³-hybridized carbons (Fsp3) is 0.300. The van der Waals surface area contributed by atoms with E-state index in [0.29, 0.717) is 17.8 Å². The van der Waals surface area contributed by atoms with Crippen LogP contribution in [0.3, 0.4) is 0 Å². The minimum Gasteiger partial charge on any atom is -0.388 e. The summed E-state index contributed by atoms with van der Waals surface area (Å²) in [6, 6.07) is 0. The van der Waals surface area contributed by atoms with E-state index < -0.39 is 0 Å². The van der Waals surface area contributed by atoms with Crippen LogP contribution in [0.4, 0.5) is 5.13 Å². The van der Waals surface area contributed by atoms with Gasteiger partial charge in [-0.3, -0.25) is 9.59 Å². The summed E-state index contributed by atoms with van der Waals surface area (Å²) in [6.45, 7) is 0. The molecule has 1 amide bonds. The first-order valence-corrected chi connectivity index (χ1v) is 6.00. The van der Waals surface area contributed by atoms with Gasteiger partial charge in [-0.05, 0) is 18.9 Å². The Morgan fingerprint density at radius 1 is 1.61 bits per heavy atom. The zero-order valence-corrected chi connectivity index (χ0v) is 10.1. The van der Waals surface area contributed by atoms with Gasteiger partial charge in [0.05, 0.1) is 0 Å². The minimum atomic E-state index is -0.105. The topological polar surface area (TPSA) is 93.5 Å². The number of nitrogens with one attached hydrogen (secondary N) is 1. The average Bonchev–Trinajstić information content (AvgIpc) is 3.02. The Morgan fingerprint density at radius 3 is 3.17 bits per heavy atom. The van der Waals surface area contributed by atoms with Gasteiger partial charge in [0.25, 0.3) is 0 Å². The molecule has 1 heterocycles. The molecule has 1 aliphatic rings. The molecule has 2 rings (SSSR count). The highest BCUT2D eigenvalue weighted by Crippen LogP contribution is 2.14. The van der Waals surface area contributed by atoms with E-state index in [1.54, 1.807) is 0 Å². The minimum absolute atomic E-state index is 0.00509. The monoisotopic (exact) mass is 266 g/mol. The van der Waals surface area contributed by atoms with Crippen molar-refractivity contribution in [1.29, 1.82) is 0 Å². The Labute approximate surface area is 107 Å². The van der Waals surface area contributed by atoms with Gasteiger partial charge < -0.3 is 10.2 Å². The predicted molar refractivity (Wildman–Crippen MR) is 65.4 cm³/mol. The SMILES string of the molecule is O=CNc1nc(C(C=O)=NOC2C=CCC2)ns1. The lowest BCUT2D eigenvalue weighted by Crippen LogP contribution is -2.09. The average molecular weight is 266 g/mol. The maximum Gasteiger partial charge on any atom is 0.213 e. The van der Waals surface area contributed by atoms with Crippen LogP contribution >= 0.6 is 11.5 Å². The molecule has 0 saturated carbocycles. The van der Waals surface area contributed by atoms with Crippen LogP contribution in [0.25, 0.3) is 0 Å². The molecule has 1 aromatic rings. The number of anilines is 1. The second-order valence-corrected chi connectivity index (χ2v) is 4.18. The molecular formula is C10H10N4O3S. The van der Waals surface area contributed by atoms with Crippen molar-refractivity contribution in [2.45, 2.75) is 18.9 Å². The predicted octanol–water partition coefficient (Wildman–Crippen LogP) is 0.745. The molecule has 94 valence electrons.